The van der Waals surface area contributed by atoms with Crippen LogP contribution < -0.4 is 5.73 Å². The van der Waals surface area contributed by atoms with Gasteiger partial charge < -0.3 is 15.1 Å². The Morgan fingerprint density at radius 3 is 2.59 bits per heavy atom. The van der Waals surface area contributed by atoms with Crippen LogP contribution in [0.5, 0.6) is 0 Å². The Hall–Kier alpha value is -3.08. The Kier molecular flexibility index (Phi) is 4.22. The van der Waals surface area contributed by atoms with Crippen LogP contribution in [0, 0.1) is 13.8 Å². The van der Waals surface area contributed by atoms with Crippen LogP contribution in [-0.4, -0.2) is 22.8 Å². The van der Waals surface area contributed by atoms with E-state index in [1.165, 1.54) is 0 Å². The van der Waals surface area contributed by atoms with Crippen molar-refractivity contribution in [2.75, 3.05) is 0 Å². The maximum Gasteiger partial charge on any atom is 0.240 e. The number of nitrogens with zero attached hydrogens (tertiary/aromatic N) is 1. The number of carbonyl (C=O) groups is 2. The zero-order chi connectivity index (χ0) is 19.1. The van der Waals surface area contributed by atoms with Gasteiger partial charge in [-0.25, -0.2) is 0 Å². The summed E-state index contributed by atoms with van der Waals surface area (Å²) in [6, 6.07) is 11.3. The van der Waals surface area contributed by atoms with E-state index < -0.39 is 11.9 Å². The first-order valence-electron chi connectivity index (χ1n) is 9.07. The van der Waals surface area contributed by atoms with Crippen molar-refractivity contribution in [3.8, 4) is 0 Å². The highest BCUT2D eigenvalue weighted by molar-refractivity contribution is 5.91. The minimum Gasteiger partial charge on any atom is -0.464 e. The van der Waals surface area contributed by atoms with Crippen LogP contribution >= 0.6 is 0 Å². The van der Waals surface area contributed by atoms with Gasteiger partial charge in [-0.05, 0) is 48.2 Å². The van der Waals surface area contributed by atoms with Crippen LogP contribution in [0.3, 0.4) is 0 Å². The smallest absolute Gasteiger partial charge is 0.240 e. The Bertz CT molecular complexity index is 1050. The molecule has 2 heterocycles. The number of carbonyl (C=O) groups excluding carboxylic acids is 2. The predicted octanol–water partition coefficient (Wildman–Crippen LogP) is 3.03. The number of amides is 2. The minimum absolute atomic E-state index is 0.116. The van der Waals surface area contributed by atoms with Gasteiger partial charge >= 0.3 is 0 Å². The fraction of sp³-hybridized carbons (Fsp3) is 0.273. The van der Waals surface area contributed by atoms with Crippen LogP contribution in [0.2, 0.25) is 0 Å². The molecule has 0 spiro atoms. The molecular formula is C22H22N2O3. The maximum atomic E-state index is 13.1. The number of fused-ring (bicyclic) bond motifs is 2. The molecule has 5 heteroatoms. The third kappa shape index (κ3) is 3.10. The summed E-state index contributed by atoms with van der Waals surface area (Å²) in [5.74, 6) is -0.587. The monoisotopic (exact) mass is 362 g/mol. The van der Waals surface area contributed by atoms with E-state index in [2.05, 4.69) is 0 Å². The van der Waals surface area contributed by atoms with Gasteiger partial charge in [0.2, 0.25) is 11.8 Å². The first-order chi connectivity index (χ1) is 12.9. The van der Waals surface area contributed by atoms with Gasteiger partial charge in [0.15, 0.2) is 0 Å². The lowest BCUT2D eigenvalue weighted by Crippen LogP contribution is -2.51. The van der Waals surface area contributed by atoms with E-state index in [1.807, 2.05) is 50.2 Å². The molecule has 1 aromatic heterocycles. The molecule has 1 atom stereocenters. The van der Waals surface area contributed by atoms with Crippen LogP contribution in [0.15, 0.2) is 47.1 Å². The second kappa shape index (κ2) is 6.58. The third-order valence-corrected chi connectivity index (χ3v) is 5.51. The van der Waals surface area contributed by atoms with E-state index in [-0.39, 0.29) is 12.3 Å². The molecule has 0 saturated heterocycles. The van der Waals surface area contributed by atoms with Gasteiger partial charge in [-0.15, -0.1) is 0 Å². The van der Waals surface area contributed by atoms with Crippen molar-refractivity contribution in [1.82, 2.24) is 4.90 Å². The van der Waals surface area contributed by atoms with Crippen molar-refractivity contribution in [3.63, 3.8) is 0 Å². The molecule has 4 rings (SSSR count). The SMILES string of the molecule is Cc1cc2occ(CC(=O)N3Cc4ccccc4CC3C(N)=O)c2cc1C. The van der Waals surface area contributed by atoms with Crippen LogP contribution in [0.1, 0.15) is 27.8 Å². The number of rotatable bonds is 3. The number of hydrogen-bond acceptors (Lipinski definition) is 3. The predicted molar refractivity (Wildman–Crippen MR) is 103 cm³/mol. The number of furan rings is 1. The average molecular weight is 362 g/mol. The molecule has 1 unspecified atom stereocenters. The molecule has 2 N–H and O–H groups in total. The van der Waals surface area contributed by atoms with Gasteiger partial charge in [0.25, 0.3) is 0 Å². The van der Waals surface area contributed by atoms with Gasteiger partial charge in [-0.2, -0.15) is 0 Å². The number of primary amides is 1. The van der Waals surface area contributed by atoms with Gasteiger partial charge in [0.1, 0.15) is 11.6 Å². The molecule has 2 amide bonds. The molecule has 27 heavy (non-hydrogen) atoms. The molecule has 0 aliphatic carbocycles. The second-order valence-electron chi connectivity index (χ2n) is 7.28. The summed E-state index contributed by atoms with van der Waals surface area (Å²) in [6.45, 7) is 4.47. The summed E-state index contributed by atoms with van der Waals surface area (Å²) < 4.78 is 5.64. The lowest BCUT2D eigenvalue weighted by atomic mass is 9.93. The second-order valence-corrected chi connectivity index (χ2v) is 7.28. The first kappa shape index (κ1) is 17.3. The fourth-order valence-corrected chi connectivity index (χ4v) is 3.78. The summed E-state index contributed by atoms with van der Waals surface area (Å²) in [4.78, 5) is 26.6. The van der Waals surface area contributed by atoms with Crippen molar-refractivity contribution < 1.29 is 14.0 Å². The summed E-state index contributed by atoms with van der Waals surface area (Å²) in [6.07, 6.45) is 2.28. The summed E-state index contributed by atoms with van der Waals surface area (Å²) >= 11 is 0. The van der Waals surface area contributed by atoms with Crippen molar-refractivity contribution in [1.29, 1.82) is 0 Å². The molecule has 3 aromatic rings. The zero-order valence-corrected chi connectivity index (χ0v) is 15.5. The average Bonchev–Trinajstić information content (AvgIpc) is 3.02. The highest BCUT2D eigenvalue weighted by Crippen LogP contribution is 2.28. The highest BCUT2D eigenvalue weighted by atomic mass is 16.3. The summed E-state index contributed by atoms with van der Waals surface area (Å²) in [5, 5.41) is 0.944. The van der Waals surface area contributed by atoms with Crippen LogP contribution in [-0.2, 0) is 29.0 Å². The van der Waals surface area contributed by atoms with Gasteiger partial charge in [-0.1, -0.05) is 24.3 Å². The van der Waals surface area contributed by atoms with Crippen LogP contribution in [0.4, 0.5) is 0 Å². The van der Waals surface area contributed by atoms with Gasteiger partial charge in [0, 0.05) is 23.9 Å². The molecule has 0 fully saturated rings. The third-order valence-electron chi connectivity index (χ3n) is 5.51. The van der Waals surface area contributed by atoms with E-state index in [1.54, 1.807) is 11.2 Å². The van der Waals surface area contributed by atoms with Crippen LogP contribution in [0.25, 0.3) is 11.0 Å². The number of nitrogens with two attached hydrogens (primary N) is 1. The standard InChI is InChI=1S/C22H22N2O3/c1-13-7-18-17(12-27-20(18)8-14(13)2)10-21(25)24-11-16-6-4-3-5-15(16)9-19(24)22(23)26/h3-8,12,19H,9-11H2,1-2H3,(H2,23,26). The van der Waals surface area contributed by atoms with E-state index in [9.17, 15) is 9.59 Å². The maximum absolute atomic E-state index is 13.1. The highest BCUT2D eigenvalue weighted by Gasteiger charge is 2.33. The fourth-order valence-electron chi connectivity index (χ4n) is 3.78. The lowest BCUT2D eigenvalue weighted by molar-refractivity contribution is -0.140. The number of benzene rings is 2. The topological polar surface area (TPSA) is 76.5 Å². The van der Waals surface area contributed by atoms with E-state index in [4.69, 9.17) is 10.2 Å². The largest absolute Gasteiger partial charge is 0.464 e. The molecular weight excluding hydrogens is 340 g/mol. The van der Waals surface area contributed by atoms with E-state index in [0.717, 1.165) is 38.8 Å². The molecule has 138 valence electrons. The molecule has 0 bridgehead atoms. The first-order valence-corrected chi connectivity index (χ1v) is 9.07. The minimum atomic E-state index is -0.616. The summed E-state index contributed by atoms with van der Waals surface area (Å²) in [5.41, 5.74) is 11.6. The lowest BCUT2D eigenvalue weighted by Gasteiger charge is -2.35. The molecule has 0 saturated carbocycles. The molecule has 1 aliphatic rings. The Balaban J connectivity index is 1.64. The molecule has 0 radical (unpaired) electrons. The van der Waals surface area contributed by atoms with Gasteiger partial charge in [-0.3, -0.25) is 9.59 Å². The van der Waals surface area contributed by atoms with Crippen molar-refractivity contribution in [3.05, 3.63) is 70.5 Å². The van der Waals surface area contributed by atoms with Crippen molar-refractivity contribution in [2.24, 2.45) is 5.73 Å². The summed E-state index contributed by atoms with van der Waals surface area (Å²) in [7, 11) is 0. The normalized spacial score (nSPS) is 16.4. The Morgan fingerprint density at radius 2 is 1.85 bits per heavy atom. The van der Waals surface area contributed by atoms with E-state index in [0.29, 0.717) is 13.0 Å². The number of aryl methyl sites for hydroxylation is 2. The Labute approximate surface area is 157 Å². The molecule has 1 aliphatic heterocycles. The van der Waals surface area contributed by atoms with Crippen molar-refractivity contribution in [2.45, 2.75) is 39.3 Å². The van der Waals surface area contributed by atoms with E-state index >= 15 is 0 Å². The molecule has 2 aromatic carbocycles. The number of hydrogen-bond donors (Lipinski definition) is 1. The Morgan fingerprint density at radius 1 is 1.15 bits per heavy atom. The van der Waals surface area contributed by atoms with Gasteiger partial charge in [0.05, 0.1) is 12.7 Å². The molecule has 5 nitrogen and oxygen atoms in total. The zero-order valence-electron chi connectivity index (χ0n) is 15.5. The van der Waals surface area contributed by atoms with Crippen molar-refractivity contribution >= 4 is 22.8 Å². The quantitative estimate of drug-likeness (QED) is 0.778.